The van der Waals surface area contributed by atoms with Crippen molar-refractivity contribution in [1.82, 2.24) is 20.2 Å². The van der Waals surface area contributed by atoms with Crippen LogP contribution in [0.1, 0.15) is 5.56 Å². The van der Waals surface area contributed by atoms with Crippen molar-refractivity contribution in [3.05, 3.63) is 42.2 Å². The van der Waals surface area contributed by atoms with Gasteiger partial charge in [0.05, 0.1) is 6.04 Å². The molecular formula is C11H14ClN5O. The molecule has 0 aliphatic carbocycles. The zero-order chi connectivity index (χ0) is 12.1. The van der Waals surface area contributed by atoms with Crippen LogP contribution in [-0.4, -0.2) is 32.0 Å². The number of carbonyl (C=O) groups is 1. The van der Waals surface area contributed by atoms with E-state index in [1.54, 1.807) is 0 Å². The van der Waals surface area contributed by atoms with Crippen molar-refractivity contribution in [3.63, 3.8) is 0 Å². The lowest BCUT2D eigenvalue weighted by Gasteiger charge is -2.09. The van der Waals surface area contributed by atoms with Gasteiger partial charge in [-0.3, -0.25) is 4.79 Å². The van der Waals surface area contributed by atoms with E-state index in [0.717, 1.165) is 5.56 Å². The largest absolute Gasteiger partial charge is 0.321 e. The number of aromatic nitrogens is 4. The minimum absolute atomic E-state index is 0. The van der Waals surface area contributed by atoms with E-state index in [1.165, 1.54) is 11.0 Å². The normalized spacial score (nSPS) is 11.6. The van der Waals surface area contributed by atoms with Crippen molar-refractivity contribution < 1.29 is 4.79 Å². The summed E-state index contributed by atoms with van der Waals surface area (Å²) in [4.78, 5) is 11.8. The Balaban J connectivity index is 0.00000162. The predicted octanol–water partition coefficient (Wildman–Crippen LogP) is 0.234. The minimum Gasteiger partial charge on any atom is -0.321 e. The van der Waals surface area contributed by atoms with Gasteiger partial charge in [0.1, 0.15) is 12.9 Å². The summed E-state index contributed by atoms with van der Waals surface area (Å²) < 4.78 is 1.37. The fourth-order valence-corrected chi connectivity index (χ4v) is 1.51. The molecule has 1 aromatic heterocycles. The number of tetrazole rings is 1. The molecule has 0 radical (unpaired) electrons. The monoisotopic (exact) mass is 267 g/mol. The molecule has 0 bridgehead atoms. The maximum Gasteiger partial charge on any atom is 0.171 e. The second-order valence-corrected chi connectivity index (χ2v) is 3.77. The summed E-state index contributed by atoms with van der Waals surface area (Å²) >= 11 is 0. The summed E-state index contributed by atoms with van der Waals surface area (Å²) in [5.74, 6) is -0.0823. The summed E-state index contributed by atoms with van der Waals surface area (Å²) in [6.45, 7) is 0.112. The van der Waals surface area contributed by atoms with Crippen molar-refractivity contribution >= 4 is 18.2 Å². The molecule has 0 aliphatic rings. The quantitative estimate of drug-likeness (QED) is 0.838. The highest BCUT2D eigenvalue weighted by Crippen LogP contribution is 2.02. The molecule has 0 saturated heterocycles. The van der Waals surface area contributed by atoms with E-state index < -0.39 is 6.04 Å². The third-order valence-electron chi connectivity index (χ3n) is 2.42. The number of carbonyl (C=O) groups excluding carboxylic acids is 1. The second-order valence-electron chi connectivity index (χ2n) is 3.77. The molecule has 0 saturated carbocycles. The molecule has 0 aliphatic heterocycles. The first kappa shape index (κ1) is 14.3. The van der Waals surface area contributed by atoms with Crippen LogP contribution in [0.25, 0.3) is 0 Å². The molecule has 1 aromatic carbocycles. The third kappa shape index (κ3) is 3.90. The number of hydrogen-bond donors (Lipinski definition) is 1. The lowest BCUT2D eigenvalue weighted by atomic mass is 10.0. The zero-order valence-corrected chi connectivity index (χ0v) is 10.5. The fourth-order valence-electron chi connectivity index (χ4n) is 1.51. The summed E-state index contributed by atoms with van der Waals surface area (Å²) in [7, 11) is 0. The van der Waals surface area contributed by atoms with Crippen molar-refractivity contribution in [2.24, 2.45) is 5.73 Å². The predicted molar refractivity (Wildman–Crippen MR) is 68.2 cm³/mol. The molecule has 0 amide bonds. The first-order chi connectivity index (χ1) is 8.25. The van der Waals surface area contributed by atoms with Gasteiger partial charge in [-0.05, 0) is 22.4 Å². The van der Waals surface area contributed by atoms with Crippen LogP contribution < -0.4 is 5.73 Å². The minimum atomic E-state index is -0.526. The molecule has 7 heteroatoms. The van der Waals surface area contributed by atoms with Crippen LogP contribution in [0.5, 0.6) is 0 Å². The molecule has 2 aromatic rings. The molecule has 18 heavy (non-hydrogen) atoms. The van der Waals surface area contributed by atoms with Crippen molar-refractivity contribution in [1.29, 1.82) is 0 Å². The van der Waals surface area contributed by atoms with E-state index in [-0.39, 0.29) is 24.7 Å². The molecule has 1 heterocycles. The van der Waals surface area contributed by atoms with E-state index in [2.05, 4.69) is 15.5 Å². The van der Waals surface area contributed by atoms with Gasteiger partial charge in [0, 0.05) is 0 Å². The number of Topliss-reactive ketones (excluding diaryl/α,β-unsaturated/α-hetero) is 1. The summed E-state index contributed by atoms with van der Waals surface area (Å²) in [6.07, 6.45) is 1.93. The van der Waals surface area contributed by atoms with Gasteiger partial charge in [0.25, 0.3) is 0 Å². The first-order valence-corrected chi connectivity index (χ1v) is 5.28. The Labute approximate surface area is 111 Å². The van der Waals surface area contributed by atoms with Crippen molar-refractivity contribution in [2.75, 3.05) is 0 Å². The van der Waals surface area contributed by atoms with Crippen LogP contribution in [-0.2, 0) is 17.8 Å². The lowest BCUT2D eigenvalue weighted by molar-refractivity contribution is -0.121. The summed E-state index contributed by atoms with van der Waals surface area (Å²) in [5, 5.41) is 10.5. The maximum atomic E-state index is 11.8. The van der Waals surface area contributed by atoms with Gasteiger partial charge in [0.2, 0.25) is 0 Å². The average Bonchev–Trinajstić information content (AvgIpc) is 2.83. The Morgan fingerprint density at radius 3 is 2.67 bits per heavy atom. The van der Waals surface area contributed by atoms with Gasteiger partial charge in [-0.2, -0.15) is 0 Å². The number of hydrogen-bond acceptors (Lipinski definition) is 5. The number of ketones is 1. The van der Waals surface area contributed by atoms with E-state index in [4.69, 9.17) is 5.73 Å². The highest BCUT2D eigenvalue weighted by atomic mass is 35.5. The second kappa shape index (κ2) is 6.83. The van der Waals surface area contributed by atoms with Crippen LogP contribution >= 0.6 is 12.4 Å². The molecule has 2 N–H and O–H groups in total. The van der Waals surface area contributed by atoms with Gasteiger partial charge < -0.3 is 5.73 Å². The topological polar surface area (TPSA) is 86.7 Å². The van der Waals surface area contributed by atoms with Gasteiger partial charge in [-0.25, -0.2) is 4.68 Å². The van der Waals surface area contributed by atoms with Gasteiger partial charge in [-0.15, -0.1) is 17.5 Å². The number of nitrogens with zero attached hydrogens (tertiary/aromatic N) is 4. The Morgan fingerprint density at radius 2 is 2.06 bits per heavy atom. The molecule has 6 nitrogen and oxygen atoms in total. The Bertz CT molecular complexity index is 473. The van der Waals surface area contributed by atoms with Gasteiger partial charge >= 0.3 is 0 Å². The van der Waals surface area contributed by atoms with Crippen molar-refractivity contribution in [2.45, 2.75) is 19.0 Å². The Kier molecular flexibility index (Phi) is 5.41. The highest BCUT2D eigenvalue weighted by molar-refractivity contribution is 5.85. The van der Waals surface area contributed by atoms with Gasteiger partial charge in [-0.1, -0.05) is 30.3 Å². The summed E-state index contributed by atoms with van der Waals surface area (Å²) in [6, 6.07) is 9.15. The fraction of sp³-hybridized carbons (Fsp3) is 0.273. The van der Waals surface area contributed by atoms with Crippen LogP contribution in [0.15, 0.2) is 36.7 Å². The molecule has 96 valence electrons. The first-order valence-electron chi connectivity index (χ1n) is 5.28. The number of halogens is 1. The number of rotatable bonds is 5. The maximum absolute atomic E-state index is 11.8. The Hall–Kier alpha value is -1.79. The van der Waals surface area contributed by atoms with E-state index in [9.17, 15) is 4.79 Å². The van der Waals surface area contributed by atoms with E-state index in [0.29, 0.717) is 6.42 Å². The lowest BCUT2D eigenvalue weighted by Crippen LogP contribution is -2.35. The number of benzene rings is 1. The zero-order valence-electron chi connectivity index (χ0n) is 9.64. The summed E-state index contributed by atoms with van der Waals surface area (Å²) in [5.41, 5.74) is 6.88. The number of nitrogens with two attached hydrogens (primary N) is 1. The van der Waals surface area contributed by atoms with E-state index >= 15 is 0 Å². The smallest absolute Gasteiger partial charge is 0.171 e. The highest BCUT2D eigenvalue weighted by Gasteiger charge is 2.14. The van der Waals surface area contributed by atoms with Crippen LogP contribution in [0.4, 0.5) is 0 Å². The molecular weight excluding hydrogens is 254 g/mol. The van der Waals surface area contributed by atoms with Crippen LogP contribution in [0, 0.1) is 0 Å². The molecule has 2 rings (SSSR count). The molecule has 1 atom stereocenters. The van der Waals surface area contributed by atoms with E-state index in [1.807, 2.05) is 30.3 Å². The molecule has 1 unspecified atom stereocenters. The standard InChI is InChI=1S/C11H13N5O.ClH/c12-10(6-9-4-2-1-3-5-9)11(17)7-16-8-13-14-15-16;/h1-5,8,10H,6-7,12H2;1H. The molecule has 0 fully saturated rings. The molecule has 0 spiro atoms. The van der Waals surface area contributed by atoms with Crippen LogP contribution in [0.2, 0.25) is 0 Å². The third-order valence-corrected chi connectivity index (χ3v) is 2.42. The SMILES string of the molecule is Cl.NC(Cc1ccccc1)C(=O)Cn1cnnn1. The average molecular weight is 268 g/mol. The van der Waals surface area contributed by atoms with Gasteiger partial charge in [0.15, 0.2) is 5.78 Å². The van der Waals surface area contributed by atoms with Crippen molar-refractivity contribution in [3.8, 4) is 0 Å². The Morgan fingerprint density at radius 1 is 1.33 bits per heavy atom. The van der Waals surface area contributed by atoms with Crippen LogP contribution in [0.3, 0.4) is 0 Å².